The van der Waals surface area contributed by atoms with Crippen molar-refractivity contribution in [2.75, 3.05) is 26.5 Å². The molecule has 0 fully saturated rings. The summed E-state index contributed by atoms with van der Waals surface area (Å²) in [4.78, 5) is 40.3. The highest BCUT2D eigenvalue weighted by molar-refractivity contribution is 7.59. The molecule has 200 valence electrons. The summed E-state index contributed by atoms with van der Waals surface area (Å²) in [5.74, 6) is -0.989. The van der Waals surface area contributed by atoms with Gasteiger partial charge in [-0.05, 0) is 37.8 Å². The van der Waals surface area contributed by atoms with E-state index in [1.165, 1.54) is 6.66 Å². The van der Waals surface area contributed by atoms with Gasteiger partial charge in [-0.1, -0.05) is 60.7 Å². The van der Waals surface area contributed by atoms with Crippen LogP contribution >= 0.6 is 15.0 Å². The van der Waals surface area contributed by atoms with Crippen LogP contribution in [-0.2, 0) is 41.0 Å². The van der Waals surface area contributed by atoms with Crippen LogP contribution in [-0.4, -0.2) is 60.4 Å². The Kier molecular flexibility index (Phi) is 13.8. The van der Waals surface area contributed by atoms with Crippen LogP contribution in [0.15, 0.2) is 60.7 Å². The fraction of sp³-hybridized carbons (Fsp3) is 0.417. The van der Waals surface area contributed by atoms with E-state index in [1.807, 2.05) is 60.7 Å². The molecule has 0 aliphatic heterocycles. The summed E-state index contributed by atoms with van der Waals surface area (Å²) in [5, 5.41) is 5.80. The van der Waals surface area contributed by atoms with Gasteiger partial charge in [-0.2, -0.15) is 0 Å². The standard InChI is InChI=1S/C23H31N2O5P.CH5O3P/c1-4-29-22(26)20(16-18-12-8-6-9-13-18)24-31(3,28)25-21(23(27)30-5-2)17-19-14-10-7-11-15-19;1-5(2,3)4/h6-15,20-21H,4-5,16-17H2,1-3H3,(H2,24,25,28);1H3,(H2,2,3,4). The van der Waals surface area contributed by atoms with E-state index in [0.717, 1.165) is 17.8 Å². The summed E-state index contributed by atoms with van der Waals surface area (Å²) in [6.45, 7) is 6.18. The van der Waals surface area contributed by atoms with Gasteiger partial charge in [0.1, 0.15) is 12.1 Å². The molecule has 2 rings (SSSR count). The van der Waals surface area contributed by atoms with Crippen LogP contribution in [0.2, 0.25) is 0 Å². The molecule has 0 amide bonds. The Bertz CT molecular complexity index is 953. The van der Waals surface area contributed by atoms with Gasteiger partial charge in [-0.3, -0.25) is 18.7 Å². The van der Waals surface area contributed by atoms with Crippen molar-refractivity contribution in [1.29, 1.82) is 0 Å². The molecule has 0 heterocycles. The fourth-order valence-corrected chi connectivity index (χ4v) is 4.84. The van der Waals surface area contributed by atoms with Crippen LogP contribution < -0.4 is 10.2 Å². The molecule has 0 radical (unpaired) electrons. The Labute approximate surface area is 212 Å². The van der Waals surface area contributed by atoms with Crippen LogP contribution in [0.1, 0.15) is 25.0 Å². The molecular weight excluding hydrogens is 506 g/mol. The Morgan fingerprint density at radius 1 is 0.750 bits per heavy atom. The number of ether oxygens (including phenoxy) is 2. The second kappa shape index (κ2) is 15.7. The maximum absolute atomic E-state index is 13.4. The summed E-state index contributed by atoms with van der Waals surface area (Å²) in [6, 6.07) is 17.2. The largest absolute Gasteiger partial charge is 0.465 e. The van der Waals surface area contributed by atoms with Crippen molar-refractivity contribution in [3.05, 3.63) is 71.8 Å². The molecule has 0 spiro atoms. The molecule has 2 aromatic carbocycles. The molecule has 0 aliphatic carbocycles. The van der Waals surface area contributed by atoms with E-state index in [1.54, 1.807) is 13.8 Å². The number of benzene rings is 2. The lowest BCUT2D eigenvalue weighted by Gasteiger charge is -2.26. The lowest BCUT2D eigenvalue weighted by molar-refractivity contribution is -0.145. The van der Waals surface area contributed by atoms with Crippen molar-refractivity contribution in [1.82, 2.24) is 10.2 Å². The normalized spacial score (nSPS) is 14.4. The quantitative estimate of drug-likeness (QED) is 0.233. The molecule has 0 bridgehead atoms. The number of carbonyl (C=O) groups is 2. The van der Waals surface area contributed by atoms with Crippen LogP contribution in [0.4, 0.5) is 0 Å². The molecule has 36 heavy (non-hydrogen) atoms. The summed E-state index contributed by atoms with van der Waals surface area (Å²) in [6.07, 6.45) is 0.615. The first-order valence-corrected chi connectivity index (χ1v) is 15.6. The molecule has 0 saturated carbocycles. The maximum atomic E-state index is 13.4. The highest BCUT2D eigenvalue weighted by Crippen LogP contribution is 2.33. The molecule has 2 aromatic rings. The molecule has 0 aromatic heterocycles. The zero-order chi connectivity index (χ0) is 27.2. The average molecular weight is 543 g/mol. The average Bonchev–Trinajstić information content (AvgIpc) is 2.78. The third kappa shape index (κ3) is 14.3. The van der Waals surface area contributed by atoms with Crippen molar-refractivity contribution >= 4 is 27.0 Å². The van der Waals surface area contributed by atoms with Crippen LogP contribution in [0.3, 0.4) is 0 Å². The highest BCUT2D eigenvalue weighted by Gasteiger charge is 2.32. The van der Waals surface area contributed by atoms with Gasteiger partial charge in [0.2, 0.25) is 7.44 Å². The van der Waals surface area contributed by atoms with Gasteiger partial charge in [0.15, 0.2) is 0 Å². The Morgan fingerprint density at radius 2 is 1.06 bits per heavy atom. The SMILES string of the molecule is CCOC(=O)C(Cc1ccccc1)NP(C)(=O)NC(Cc1ccccc1)C(=O)OCC.CP(=O)(O)O. The van der Waals surface area contributed by atoms with Crippen molar-refractivity contribution in [2.24, 2.45) is 0 Å². The molecule has 12 heteroatoms. The van der Waals surface area contributed by atoms with Crippen molar-refractivity contribution in [3.8, 4) is 0 Å². The van der Waals surface area contributed by atoms with Gasteiger partial charge in [0.05, 0.1) is 13.2 Å². The lowest BCUT2D eigenvalue weighted by atomic mass is 10.1. The topological polar surface area (TPSA) is 151 Å². The second-order valence-electron chi connectivity index (χ2n) is 8.01. The number of nitrogens with one attached hydrogen (secondary N) is 2. The first-order valence-electron chi connectivity index (χ1n) is 11.4. The van der Waals surface area contributed by atoms with Crippen molar-refractivity contribution in [2.45, 2.75) is 38.8 Å². The third-order valence-electron chi connectivity index (χ3n) is 4.51. The van der Waals surface area contributed by atoms with Gasteiger partial charge in [0.25, 0.3) is 0 Å². The molecule has 2 unspecified atom stereocenters. The zero-order valence-electron chi connectivity index (χ0n) is 21.0. The van der Waals surface area contributed by atoms with Crippen LogP contribution in [0.5, 0.6) is 0 Å². The van der Waals surface area contributed by atoms with Gasteiger partial charge in [-0.15, -0.1) is 0 Å². The number of hydrogen-bond donors (Lipinski definition) is 4. The summed E-state index contributed by atoms with van der Waals surface area (Å²) in [7, 11) is -6.97. The summed E-state index contributed by atoms with van der Waals surface area (Å²) >= 11 is 0. The molecule has 0 aliphatic rings. The number of hydrogen-bond acceptors (Lipinski definition) is 6. The smallest absolute Gasteiger partial charge is 0.323 e. The van der Waals surface area contributed by atoms with E-state index in [2.05, 4.69) is 10.2 Å². The Balaban J connectivity index is 0.00000118. The highest BCUT2D eigenvalue weighted by atomic mass is 31.2. The minimum Gasteiger partial charge on any atom is -0.465 e. The zero-order valence-corrected chi connectivity index (χ0v) is 22.8. The minimum atomic E-state index is -3.64. The minimum absolute atomic E-state index is 0.215. The number of rotatable bonds is 12. The predicted molar refractivity (Wildman–Crippen MR) is 139 cm³/mol. The lowest BCUT2D eigenvalue weighted by Crippen LogP contribution is -2.45. The van der Waals surface area contributed by atoms with Gasteiger partial charge in [-0.25, -0.2) is 10.2 Å². The van der Waals surface area contributed by atoms with Gasteiger partial charge < -0.3 is 19.3 Å². The molecular formula is C24H36N2O8P2. The Morgan fingerprint density at radius 3 is 1.33 bits per heavy atom. The first-order chi connectivity index (χ1) is 16.8. The van der Waals surface area contributed by atoms with Crippen LogP contribution in [0.25, 0.3) is 0 Å². The van der Waals surface area contributed by atoms with Crippen molar-refractivity contribution in [3.63, 3.8) is 0 Å². The van der Waals surface area contributed by atoms with Crippen LogP contribution in [0, 0.1) is 0 Å². The van der Waals surface area contributed by atoms with Crippen molar-refractivity contribution < 1.29 is 38.0 Å². The number of esters is 2. The molecule has 10 nitrogen and oxygen atoms in total. The van der Waals surface area contributed by atoms with E-state index >= 15 is 0 Å². The second-order valence-corrected chi connectivity index (χ2v) is 12.0. The predicted octanol–water partition coefficient (Wildman–Crippen LogP) is 3.13. The van der Waals surface area contributed by atoms with E-state index in [4.69, 9.17) is 19.3 Å². The molecule has 0 saturated heterocycles. The van der Waals surface area contributed by atoms with E-state index in [9.17, 15) is 18.7 Å². The first kappa shape index (κ1) is 31.7. The maximum Gasteiger partial charge on any atom is 0.323 e. The van der Waals surface area contributed by atoms with E-state index in [-0.39, 0.29) is 13.2 Å². The summed E-state index contributed by atoms with van der Waals surface area (Å²) in [5.41, 5.74) is 1.80. The molecule has 2 atom stereocenters. The molecule has 4 N–H and O–H groups in total. The Hall–Kier alpha value is -2.32. The van der Waals surface area contributed by atoms with Gasteiger partial charge >= 0.3 is 19.5 Å². The van der Waals surface area contributed by atoms with E-state index < -0.39 is 39.1 Å². The fourth-order valence-electron chi connectivity index (χ4n) is 3.18. The number of carbonyl (C=O) groups excluding carboxylic acids is 2. The van der Waals surface area contributed by atoms with E-state index in [0.29, 0.717) is 12.8 Å². The monoisotopic (exact) mass is 542 g/mol. The third-order valence-corrected chi connectivity index (χ3v) is 6.12. The van der Waals surface area contributed by atoms with Gasteiger partial charge in [0, 0.05) is 13.3 Å². The summed E-state index contributed by atoms with van der Waals surface area (Å²) < 4.78 is 33.1.